The predicted molar refractivity (Wildman–Crippen MR) is 78.6 cm³/mol. The predicted octanol–water partition coefficient (Wildman–Crippen LogP) is -0.528. The summed E-state index contributed by atoms with van der Waals surface area (Å²) in [5, 5.41) is 2.43. The molecule has 0 atom stereocenters. The van der Waals surface area contributed by atoms with Gasteiger partial charge >= 0.3 is 0 Å². The molecule has 0 aliphatic rings. The number of carbonyl (C=O) groups is 1. The Morgan fingerprint density at radius 1 is 1.55 bits per heavy atom. The molecule has 0 unspecified atom stereocenters. The highest BCUT2D eigenvalue weighted by Crippen LogP contribution is 2.17. The van der Waals surface area contributed by atoms with Crippen LogP contribution in [0.1, 0.15) is 12.1 Å². The molecule has 0 spiro atoms. The van der Waals surface area contributed by atoms with E-state index in [9.17, 15) is 13.2 Å². The van der Waals surface area contributed by atoms with Crippen molar-refractivity contribution in [2.24, 2.45) is 5.73 Å². The van der Waals surface area contributed by atoms with Crippen molar-refractivity contribution in [3.8, 4) is 0 Å². The summed E-state index contributed by atoms with van der Waals surface area (Å²) in [4.78, 5) is 14.9. The Kier molecular flexibility index (Phi) is 5.54. The molecule has 0 fully saturated rings. The minimum absolute atomic E-state index is 0.0493. The van der Waals surface area contributed by atoms with E-state index in [1.54, 1.807) is 0 Å². The maximum absolute atomic E-state index is 12.4. The Balaban J connectivity index is 3.05. The van der Waals surface area contributed by atoms with Gasteiger partial charge in [-0.2, -0.15) is 0 Å². The van der Waals surface area contributed by atoms with Gasteiger partial charge in [0, 0.05) is 33.3 Å². The average molecular weight is 316 g/mol. The number of amides is 1. The number of hydrogen-bond donors (Lipinski definition) is 2. The second kappa shape index (κ2) is 6.73. The van der Waals surface area contributed by atoms with E-state index in [0.29, 0.717) is 0 Å². The SMILES string of the molecule is CNC(=O)CCN(C)S(=O)(=O)c1cccnc1C(N)=S. The Labute approximate surface area is 123 Å². The van der Waals surface area contributed by atoms with Crippen molar-refractivity contribution in [1.82, 2.24) is 14.6 Å². The van der Waals surface area contributed by atoms with Crippen LogP contribution in [0.5, 0.6) is 0 Å². The van der Waals surface area contributed by atoms with Gasteiger partial charge in [-0.25, -0.2) is 12.7 Å². The number of aromatic nitrogens is 1. The molecule has 20 heavy (non-hydrogen) atoms. The summed E-state index contributed by atoms with van der Waals surface area (Å²) in [6.45, 7) is 0.0493. The van der Waals surface area contributed by atoms with Crippen LogP contribution in [0.4, 0.5) is 0 Å². The third-order valence-electron chi connectivity index (χ3n) is 2.62. The van der Waals surface area contributed by atoms with Gasteiger partial charge in [-0.3, -0.25) is 9.78 Å². The molecule has 7 nitrogen and oxygen atoms in total. The van der Waals surface area contributed by atoms with Crippen molar-refractivity contribution in [2.75, 3.05) is 20.6 Å². The van der Waals surface area contributed by atoms with Crippen molar-refractivity contribution in [3.63, 3.8) is 0 Å². The number of hydrogen-bond acceptors (Lipinski definition) is 5. The topological polar surface area (TPSA) is 105 Å². The lowest BCUT2D eigenvalue weighted by molar-refractivity contribution is -0.120. The Hall–Kier alpha value is -1.58. The van der Waals surface area contributed by atoms with Gasteiger partial charge in [0.2, 0.25) is 15.9 Å². The van der Waals surface area contributed by atoms with E-state index in [2.05, 4.69) is 10.3 Å². The minimum Gasteiger partial charge on any atom is -0.388 e. The zero-order valence-electron chi connectivity index (χ0n) is 11.2. The van der Waals surface area contributed by atoms with Gasteiger partial charge in [-0.1, -0.05) is 12.2 Å². The summed E-state index contributed by atoms with van der Waals surface area (Å²) in [5.74, 6) is -0.243. The minimum atomic E-state index is -3.80. The summed E-state index contributed by atoms with van der Waals surface area (Å²) >= 11 is 4.80. The fourth-order valence-corrected chi connectivity index (χ4v) is 3.01. The Morgan fingerprint density at radius 3 is 2.75 bits per heavy atom. The number of carbonyl (C=O) groups excluding carboxylic acids is 1. The molecule has 0 aromatic carbocycles. The van der Waals surface area contributed by atoms with Crippen LogP contribution in [0, 0.1) is 0 Å². The van der Waals surface area contributed by atoms with E-state index in [1.165, 1.54) is 32.4 Å². The summed E-state index contributed by atoms with van der Waals surface area (Å²) in [5.41, 5.74) is 5.53. The summed E-state index contributed by atoms with van der Waals surface area (Å²) in [6, 6.07) is 2.87. The lowest BCUT2D eigenvalue weighted by Gasteiger charge is -2.18. The number of nitrogens with two attached hydrogens (primary N) is 1. The van der Waals surface area contributed by atoms with Crippen LogP contribution in [-0.4, -0.2) is 49.2 Å². The fourth-order valence-electron chi connectivity index (χ4n) is 1.46. The summed E-state index contributed by atoms with van der Waals surface area (Å²) in [6.07, 6.45) is 1.48. The molecule has 0 saturated heterocycles. The van der Waals surface area contributed by atoms with Gasteiger partial charge in [0.25, 0.3) is 0 Å². The lowest BCUT2D eigenvalue weighted by Crippen LogP contribution is -2.33. The average Bonchev–Trinajstić information content (AvgIpc) is 2.43. The van der Waals surface area contributed by atoms with E-state index in [-0.39, 0.29) is 34.5 Å². The first-order valence-corrected chi connectivity index (χ1v) is 7.57. The summed E-state index contributed by atoms with van der Waals surface area (Å²) < 4.78 is 25.9. The molecule has 110 valence electrons. The molecule has 1 aromatic rings. The Bertz CT molecular complexity index is 616. The van der Waals surface area contributed by atoms with Crippen molar-refractivity contribution >= 4 is 33.1 Å². The van der Waals surface area contributed by atoms with Gasteiger partial charge in [-0.15, -0.1) is 0 Å². The molecule has 0 aliphatic heterocycles. The molecular weight excluding hydrogens is 300 g/mol. The normalized spacial score (nSPS) is 11.3. The molecule has 3 N–H and O–H groups in total. The third kappa shape index (κ3) is 3.71. The van der Waals surface area contributed by atoms with Crippen LogP contribution < -0.4 is 11.1 Å². The van der Waals surface area contributed by atoms with E-state index in [1.807, 2.05) is 0 Å². The summed E-state index contributed by atoms with van der Waals surface area (Å²) in [7, 11) is -0.923. The van der Waals surface area contributed by atoms with Gasteiger partial charge < -0.3 is 11.1 Å². The zero-order valence-corrected chi connectivity index (χ0v) is 12.8. The number of sulfonamides is 1. The maximum atomic E-state index is 12.4. The van der Waals surface area contributed by atoms with Gasteiger partial charge in [0.05, 0.1) is 0 Å². The highest BCUT2D eigenvalue weighted by Gasteiger charge is 2.25. The molecule has 1 amide bonds. The first kappa shape index (κ1) is 16.5. The molecule has 0 aliphatic carbocycles. The Morgan fingerprint density at radius 2 is 2.20 bits per heavy atom. The number of thiocarbonyl (C=S) groups is 1. The standard InChI is InChI=1S/C11H16N4O3S2/c1-13-9(16)5-7-15(2)20(17,18)8-4-3-6-14-10(8)11(12)19/h3-4,6H,5,7H2,1-2H3,(H2,12,19)(H,13,16). The van der Waals surface area contributed by atoms with Crippen LogP contribution in [0.3, 0.4) is 0 Å². The molecule has 0 saturated carbocycles. The molecule has 0 bridgehead atoms. The number of pyridine rings is 1. The van der Waals surface area contributed by atoms with Crippen LogP contribution >= 0.6 is 12.2 Å². The molecule has 0 radical (unpaired) electrons. The first-order chi connectivity index (χ1) is 9.30. The highest BCUT2D eigenvalue weighted by atomic mass is 32.2. The second-order valence-electron chi connectivity index (χ2n) is 3.96. The lowest BCUT2D eigenvalue weighted by atomic mass is 10.3. The quantitative estimate of drug-likeness (QED) is 0.684. The van der Waals surface area contributed by atoms with Gasteiger partial charge in [0.1, 0.15) is 15.6 Å². The zero-order chi connectivity index (χ0) is 15.3. The highest BCUT2D eigenvalue weighted by molar-refractivity contribution is 7.89. The van der Waals surface area contributed by atoms with Crippen molar-refractivity contribution in [3.05, 3.63) is 24.0 Å². The van der Waals surface area contributed by atoms with Crippen LogP contribution in [0.25, 0.3) is 0 Å². The van der Waals surface area contributed by atoms with Crippen molar-refractivity contribution < 1.29 is 13.2 Å². The number of nitrogens with zero attached hydrogens (tertiary/aromatic N) is 2. The second-order valence-corrected chi connectivity index (χ2v) is 6.42. The number of nitrogens with one attached hydrogen (secondary N) is 1. The van der Waals surface area contributed by atoms with E-state index < -0.39 is 10.0 Å². The molecule has 1 aromatic heterocycles. The first-order valence-electron chi connectivity index (χ1n) is 5.72. The molecular formula is C11H16N4O3S2. The molecule has 9 heteroatoms. The third-order valence-corrected chi connectivity index (χ3v) is 4.71. The van der Waals surface area contributed by atoms with Crippen molar-refractivity contribution in [1.29, 1.82) is 0 Å². The molecule has 1 heterocycles. The number of rotatable bonds is 6. The van der Waals surface area contributed by atoms with Crippen LogP contribution in [0.15, 0.2) is 23.2 Å². The van der Waals surface area contributed by atoms with Gasteiger partial charge in [0.15, 0.2) is 0 Å². The monoisotopic (exact) mass is 316 g/mol. The van der Waals surface area contributed by atoms with E-state index in [4.69, 9.17) is 18.0 Å². The van der Waals surface area contributed by atoms with E-state index >= 15 is 0 Å². The van der Waals surface area contributed by atoms with Crippen molar-refractivity contribution in [2.45, 2.75) is 11.3 Å². The smallest absolute Gasteiger partial charge is 0.245 e. The van der Waals surface area contributed by atoms with Crippen LogP contribution in [-0.2, 0) is 14.8 Å². The maximum Gasteiger partial charge on any atom is 0.245 e. The fraction of sp³-hybridized carbons (Fsp3) is 0.364. The van der Waals surface area contributed by atoms with Crippen LogP contribution in [0.2, 0.25) is 0 Å². The van der Waals surface area contributed by atoms with E-state index in [0.717, 1.165) is 4.31 Å². The molecule has 1 rings (SSSR count). The van der Waals surface area contributed by atoms with Gasteiger partial charge in [-0.05, 0) is 12.1 Å². The largest absolute Gasteiger partial charge is 0.388 e.